The molecule has 2 aromatic rings. The Labute approximate surface area is 95.1 Å². The Morgan fingerprint density at radius 3 is 2.75 bits per heavy atom. The fourth-order valence-electron chi connectivity index (χ4n) is 1.46. The van der Waals surface area contributed by atoms with Crippen molar-refractivity contribution in [3.63, 3.8) is 0 Å². The second-order valence-electron chi connectivity index (χ2n) is 4.15. The highest BCUT2D eigenvalue weighted by atomic mass is 15.3. The van der Waals surface area contributed by atoms with Crippen molar-refractivity contribution in [1.29, 1.82) is 0 Å². The number of nitrogens with zero attached hydrogens (tertiary/aromatic N) is 4. The third-order valence-electron chi connectivity index (χ3n) is 2.52. The van der Waals surface area contributed by atoms with Gasteiger partial charge in [0, 0.05) is 25.5 Å². The normalized spacial score (nSPS) is 11.0. The molecule has 0 saturated carbocycles. The Morgan fingerprint density at radius 1 is 1.38 bits per heavy atom. The van der Waals surface area contributed by atoms with Crippen LogP contribution >= 0.6 is 0 Å². The quantitative estimate of drug-likeness (QED) is 0.853. The molecule has 5 heteroatoms. The smallest absolute Gasteiger partial charge is 0.0946 e. The van der Waals surface area contributed by atoms with Crippen LogP contribution in [0.15, 0.2) is 24.9 Å². The maximum absolute atomic E-state index is 4.27. The van der Waals surface area contributed by atoms with Crippen molar-refractivity contribution in [3.05, 3.63) is 30.6 Å². The van der Waals surface area contributed by atoms with E-state index in [-0.39, 0.29) is 0 Å². The third kappa shape index (κ3) is 2.24. The van der Waals surface area contributed by atoms with Gasteiger partial charge in [0.2, 0.25) is 0 Å². The number of rotatable bonds is 4. The zero-order chi connectivity index (χ0) is 11.5. The van der Waals surface area contributed by atoms with Crippen LogP contribution in [-0.2, 0) is 13.6 Å². The molecule has 5 nitrogen and oxygen atoms in total. The van der Waals surface area contributed by atoms with Gasteiger partial charge in [-0.15, -0.1) is 0 Å². The summed E-state index contributed by atoms with van der Waals surface area (Å²) >= 11 is 0. The summed E-state index contributed by atoms with van der Waals surface area (Å²) in [4.78, 5) is 4.07. The number of anilines is 1. The highest BCUT2D eigenvalue weighted by molar-refractivity contribution is 5.38. The van der Waals surface area contributed by atoms with Crippen LogP contribution in [0, 0.1) is 0 Å². The largest absolute Gasteiger partial charge is 0.377 e. The highest BCUT2D eigenvalue weighted by Gasteiger charge is 2.02. The van der Waals surface area contributed by atoms with Crippen LogP contribution in [-0.4, -0.2) is 19.3 Å². The van der Waals surface area contributed by atoms with Crippen LogP contribution in [0.4, 0.5) is 5.69 Å². The number of aromatic nitrogens is 4. The van der Waals surface area contributed by atoms with E-state index in [1.54, 1.807) is 6.33 Å². The van der Waals surface area contributed by atoms with Crippen LogP contribution in [0.2, 0.25) is 0 Å². The van der Waals surface area contributed by atoms with E-state index in [1.807, 2.05) is 34.9 Å². The van der Waals surface area contributed by atoms with Crippen LogP contribution in [0.5, 0.6) is 0 Å². The lowest BCUT2D eigenvalue weighted by Gasteiger charge is -2.05. The SMILES string of the molecule is CC(C)n1cc(NCc2cncn2C)cn1. The summed E-state index contributed by atoms with van der Waals surface area (Å²) in [6.07, 6.45) is 7.52. The Bertz CT molecular complexity index is 454. The van der Waals surface area contributed by atoms with E-state index in [9.17, 15) is 0 Å². The fraction of sp³-hybridized carbons (Fsp3) is 0.455. The molecular weight excluding hydrogens is 202 g/mol. The molecule has 2 rings (SSSR count). The Hall–Kier alpha value is -1.78. The zero-order valence-electron chi connectivity index (χ0n) is 9.88. The first-order valence-electron chi connectivity index (χ1n) is 5.40. The minimum Gasteiger partial charge on any atom is -0.377 e. The van der Waals surface area contributed by atoms with Crippen LogP contribution in [0.1, 0.15) is 25.6 Å². The molecule has 0 radical (unpaired) electrons. The molecule has 2 aromatic heterocycles. The first-order chi connectivity index (χ1) is 7.66. The van der Waals surface area contributed by atoms with Gasteiger partial charge < -0.3 is 9.88 Å². The molecule has 1 N–H and O–H groups in total. The second-order valence-corrected chi connectivity index (χ2v) is 4.15. The van der Waals surface area contributed by atoms with E-state index in [1.165, 1.54) is 0 Å². The van der Waals surface area contributed by atoms with Crippen molar-refractivity contribution in [2.45, 2.75) is 26.4 Å². The van der Waals surface area contributed by atoms with Gasteiger partial charge >= 0.3 is 0 Å². The molecule has 0 amide bonds. The van der Waals surface area contributed by atoms with E-state index in [0.29, 0.717) is 6.04 Å². The van der Waals surface area contributed by atoms with E-state index in [2.05, 4.69) is 29.2 Å². The third-order valence-corrected chi connectivity index (χ3v) is 2.52. The van der Waals surface area contributed by atoms with Gasteiger partial charge in [-0.3, -0.25) is 4.68 Å². The van der Waals surface area contributed by atoms with E-state index < -0.39 is 0 Å². The summed E-state index contributed by atoms with van der Waals surface area (Å²) in [5.74, 6) is 0. The zero-order valence-corrected chi connectivity index (χ0v) is 9.88. The van der Waals surface area contributed by atoms with Crippen molar-refractivity contribution < 1.29 is 0 Å². The fourth-order valence-corrected chi connectivity index (χ4v) is 1.46. The van der Waals surface area contributed by atoms with Crippen molar-refractivity contribution >= 4 is 5.69 Å². The molecule has 16 heavy (non-hydrogen) atoms. The molecule has 2 heterocycles. The van der Waals surface area contributed by atoms with Gasteiger partial charge in [0.15, 0.2) is 0 Å². The molecule has 0 aliphatic carbocycles. The standard InChI is InChI=1S/C11H17N5/c1-9(2)16-7-10(4-14-16)13-6-11-5-12-8-15(11)3/h4-5,7-9,13H,6H2,1-3H3. The number of hydrogen-bond donors (Lipinski definition) is 1. The van der Waals surface area contributed by atoms with Crippen molar-refractivity contribution in [1.82, 2.24) is 19.3 Å². The molecular formula is C11H17N5. The molecule has 0 aliphatic rings. The van der Waals surface area contributed by atoms with Gasteiger partial charge in [0.05, 0.1) is 30.5 Å². The molecule has 0 unspecified atom stereocenters. The summed E-state index contributed by atoms with van der Waals surface area (Å²) in [5, 5.41) is 7.59. The van der Waals surface area contributed by atoms with Gasteiger partial charge in [-0.05, 0) is 13.8 Å². The van der Waals surface area contributed by atoms with E-state index in [0.717, 1.165) is 17.9 Å². The Kier molecular flexibility index (Phi) is 2.94. The van der Waals surface area contributed by atoms with Gasteiger partial charge in [-0.1, -0.05) is 0 Å². The lowest BCUT2D eigenvalue weighted by Crippen LogP contribution is -2.03. The Morgan fingerprint density at radius 2 is 2.19 bits per heavy atom. The average molecular weight is 219 g/mol. The first kappa shape index (κ1) is 10.7. The van der Waals surface area contributed by atoms with Gasteiger partial charge in [-0.25, -0.2) is 4.98 Å². The first-order valence-corrected chi connectivity index (χ1v) is 5.40. The molecule has 0 aliphatic heterocycles. The molecule has 86 valence electrons. The summed E-state index contributed by atoms with van der Waals surface area (Å²) in [7, 11) is 1.99. The lowest BCUT2D eigenvalue weighted by atomic mass is 10.4. The summed E-state index contributed by atoms with van der Waals surface area (Å²) < 4.78 is 3.94. The van der Waals surface area contributed by atoms with E-state index in [4.69, 9.17) is 0 Å². The topological polar surface area (TPSA) is 47.7 Å². The maximum atomic E-state index is 4.27. The van der Waals surface area contributed by atoms with Crippen LogP contribution < -0.4 is 5.32 Å². The van der Waals surface area contributed by atoms with Gasteiger partial charge in [-0.2, -0.15) is 5.10 Å². The van der Waals surface area contributed by atoms with Gasteiger partial charge in [0.1, 0.15) is 0 Å². The number of imidazole rings is 1. The van der Waals surface area contributed by atoms with Crippen LogP contribution in [0.25, 0.3) is 0 Å². The predicted molar refractivity (Wildman–Crippen MR) is 63.1 cm³/mol. The molecule has 0 saturated heterocycles. The number of nitrogens with one attached hydrogen (secondary N) is 1. The summed E-state index contributed by atoms with van der Waals surface area (Å²) in [6.45, 7) is 4.98. The molecule has 0 spiro atoms. The van der Waals surface area contributed by atoms with Crippen molar-refractivity contribution in [3.8, 4) is 0 Å². The minimum atomic E-state index is 0.396. The Balaban J connectivity index is 1.97. The van der Waals surface area contributed by atoms with Crippen molar-refractivity contribution in [2.75, 3.05) is 5.32 Å². The molecule has 0 bridgehead atoms. The lowest BCUT2D eigenvalue weighted by molar-refractivity contribution is 0.532. The van der Waals surface area contributed by atoms with Crippen LogP contribution in [0.3, 0.4) is 0 Å². The molecule has 0 atom stereocenters. The van der Waals surface area contributed by atoms with Crippen molar-refractivity contribution in [2.24, 2.45) is 7.05 Å². The summed E-state index contributed by atoms with van der Waals surface area (Å²) in [5.41, 5.74) is 2.19. The maximum Gasteiger partial charge on any atom is 0.0946 e. The predicted octanol–water partition coefficient (Wildman–Crippen LogP) is 1.81. The van der Waals surface area contributed by atoms with Gasteiger partial charge in [0.25, 0.3) is 0 Å². The number of hydrogen-bond acceptors (Lipinski definition) is 3. The summed E-state index contributed by atoms with van der Waals surface area (Å²) in [6, 6.07) is 0.396. The highest BCUT2D eigenvalue weighted by Crippen LogP contribution is 2.11. The van der Waals surface area contributed by atoms with E-state index >= 15 is 0 Å². The number of aryl methyl sites for hydroxylation is 1. The second kappa shape index (κ2) is 4.38. The average Bonchev–Trinajstić information content (AvgIpc) is 2.83. The molecule has 0 aromatic carbocycles. The minimum absolute atomic E-state index is 0.396. The molecule has 0 fully saturated rings. The monoisotopic (exact) mass is 219 g/mol.